The third kappa shape index (κ3) is 3.43. The van der Waals surface area contributed by atoms with E-state index < -0.39 is 0 Å². The number of hydrogen-bond donors (Lipinski definition) is 1. The summed E-state index contributed by atoms with van der Waals surface area (Å²) < 4.78 is 1.76. The Hall–Kier alpha value is -1.43. The highest BCUT2D eigenvalue weighted by Gasteiger charge is 2.26. The van der Waals surface area contributed by atoms with Gasteiger partial charge in [0, 0.05) is 18.1 Å². The molecule has 21 heavy (non-hydrogen) atoms. The van der Waals surface area contributed by atoms with Gasteiger partial charge in [-0.05, 0) is 50.1 Å². The first-order chi connectivity index (χ1) is 10.1. The quantitative estimate of drug-likeness (QED) is 0.940. The van der Waals surface area contributed by atoms with Crippen LogP contribution in [0.2, 0.25) is 5.02 Å². The summed E-state index contributed by atoms with van der Waals surface area (Å²) >= 11 is 5.88. The van der Waals surface area contributed by atoms with Gasteiger partial charge in [-0.3, -0.25) is 4.90 Å². The topological polar surface area (TPSA) is 54.2 Å². The average molecular weight is 307 g/mol. The molecule has 5 nitrogen and oxygen atoms in total. The van der Waals surface area contributed by atoms with E-state index in [1.54, 1.807) is 4.68 Å². The molecule has 2 heterocycles. The predicted molar refractivity (Wildman–Crippen MR) is 81.4 cm³/mol. The normalized spacial score (nSPS) is 20.8. The fourth-order valence-corrected chi connectivity index (χ4v) is 2.85. The van der Waals surface area contributed by atoms with Crippen LogP contribution in [-0.2, 0) is 6.54 Å². The summed E-state index contributed by atoms with van der Waals surface area (Å²) in [5.74, 6) is 0.372. The van der Waals surface area contributed by atoms with Gasteiger partial charge in [0.2, 0.25) is 0 Å². The van der Waals surface area contributed by atoms with Gasteiger partial charge in [0.1, 0.15) is 0 Å². The summed E-state index contributed by atoms with van der Waals surface area (Å²) in [5.41, 5.74) is 1.89. The standard InChI is InChI=1S/C15H19ClN4O/c1-11(21)12-6-7-19(8-12)9-14-10-20(18-17-14)15-4-2-13(16)3-5-15/h2-5,10-12,21H,6-9H2,1H3. The first-order valence-corrected chi connectivity index (χ1v) is 7.57. The number of likely N-dealkylation sites (tertiary alicyclic amines) is 1. The van der Waals surface area contributed by atoms with Gasteiger partial charge in [0.05, 0.1) is 23.7 Å². The monoisotopic (exact) mass is 306 g/mol. The lowest BCUT2D eigenvalue weighted by molar-refractivity contribution is 0.127. The van der Waals surface area contributed by atoms with E-state index in [4.69, 9.17) is 11.6 Å². The van der Waals surface area contributed by atoms with E-state index in [2.05, 4.69) is 15.2 Å². The van der Waals surface area contributed by atoms with Gasteiger partial charge >= 0.3 is 0 Å². The molecule has 0 saturated carbocycles. The van der Waals surface area contributed by atoms with Crippen molar-refractivity contribution in [2.45, 2.75) is 26.0 Å². The van der Waals surface area contributed by atoms with Gasteiger partial charge in [0.15, 0.2) is 0 Å². The summed E-state index contributed by atoms with van der Waals surface area (Å²) in [6.45, 7) is 4.57. The summed E-state index contributed by atoms with van der Waals surface area (Å²) in [4.78, 5) is 2.31. The van der Waals surface area contributed by atoms with Crippen molar-refractivity contribution >= 4 is 11.6 Å². The minimum absolute atomic E-state index is 0.236. The third-order valence-electron chi connectivity index (χ3n) is 4.01. The third-order valence-corrected chi connectivity index (χ3v) is 4.26. The Morgan fingerprint density at radius 3 is 2.81 bits per heavy atom. The maximum absolute atomic E-state index is 9.64. The van der Waals surface area contributed by atoms with Crippen LogP contribution in [0.1, 0.15) is 19.0 Å². The Morgan fingerprint density at radius 1 is 1.38 bits per heavy atom. The summed E-state index contributed by atoms with van der Waals surface area (Å²) in [5, 5.41) is 18.7. The number of nitrogens with zero attached hydrogens (tertiary/aromatic N) is 4. The van der Waals surface area contributed by atoms with E-state index in [0.717, 1.165) is 37.4 Å². The number of aliphatic hydroxyl groups excluding tert-OH is 1. The Morgan fingerprint density at radius 2 is 2.14 bits per heavy atom. The highest BCUT2D eigenvalue weighted by atomic mass is 35.5. The molecular formula is C15H19ClN4O. The molecule has 3 rings (SSSR count). The second kappa shape index (κ2) is 6.13. The molecular weight excluding hydrogens is 288 g/mol. The van der Waals surface area contributed by atoms with Crippen LogP contribution in [0, 0.1) is 5.92 Å². The zero-order chi connectivity index (χ0) is 14.8. The Bertz CT molecular complexity index is 596. The van der Waals surface area contributed by atoms with Crippen molar-refractivity contribution in [1.82, 2.24) is 19.9 Å². The van der Waals surface area contributed by atoms with Crippen LogP contribution in [0.5, 0.6) is 0 Å². The van der Waals surface area contributed by atoms with Crippen LogP contribution < -0.4 is 0 Å². The van der Waals surface area contributed by atoms with Crippen molar-refractivity contribution in [3.8, 4) is 5.69 Å². The zero-order valence-corrected chi connectivity index (χ0v) is 12.7. The van der Waals surface area contributed by atoms with Crippen molar-refractivity contribution in [1.29, 1.82) is 0 Å². The molecule has 112 valence electrons. The van der Waals surface area contributed by atoms with Crippen LogP contribution >= 0.6 is 11.6 Å². The Labute approximate surface area is 129 Å². The van der Waals surface area contributed by atoms with Crippen LogP contribution in [-0.4, -0.2) is 44.2 Å². The largest absolute Gasteiger partial charge is 0.393 e. The lowest BCUT2D eigenvalue weighted by Gasteiger charge is -2.15. The van der Waals surface area contributed by atoms with Crippen molar-refractivity contribution in [2.75, 3.05) is 13.1 Å². The molecule has 0 radical (unpaired) electrons. The van der Waals surface area contributed by atoms with E-state index in [-0.39, 0.29) is 6.10 Å². The molecule has 2 atom stereocenters. The fourth-order valence-electron chi connectivity index (χ4n) is 2.72. The minimum atomic E-state index is -0.236. The van der Waals surface area contributed by atoms with Crippen LogP contribution in [0.25, 0.3) is 5.69 Å². The molecule has 1 N–H and O–H groups in total. The molecule has 1 aromatic carbocycles. The van der Waals surface area contributed by atoms with Crippen molar-refractivity contribution < 1.29 is 5.11 Å². The predicted octanol–water partition coefficient (Wildman–Crippen LogP) is 2.12. The summed E-state index contributed by atoms with van der Waals surface area (Å²) in [7, 11) is 0. The van der Waals surface area contributed by atoms with Gasteiger partial charge in [-0.15, -0.1) is 5.10 Å². The van der Waals surface area contributed by atoms with Crippen molar-refractivity contribution in [3.05, 3.63) is 41.2 Å². The Kier molecular flexibility index (Phi) is 4.24. The molecule has 1 saturated heterocycles. The first kappa shape index (κ1) is 14.5. The van der Waals surface area contributed by atoms with Gasteiger partial charge < -0.3 is 5.11 Å². The molecule has 0 bridgehead atoms. The minimum Gasteiger partial charge on any atom is -0.393 e. The van der Waals surface area contributed by atoms with Crippen LogP contribution in [0.3, 0.4) is 0 Å². The molecule has 0 amide bonds. The molecule has 1 fully saturated rings. The maximum atomic E-state index is 9.64. The molecule has 1 aromatic heterocycles. The maximum Gasteiger partial charge on any atom is 0.0971 e. The number of aromatic nitrogens is 3. The number of benzene rings is 1. The number of halogens is 1. The van der Waals surface area contributed by atoms with Crippen molar-refractivity contribution in [3.63, 3.8) is 0 Å². The van der Waals surface area contributed by atoms with Gasteiger partial charge in [-0.1, -0.05) is 16.8 Å². The molecule has 1 aliphatic heterocycles. The van der Waals surface area contributed by atoms with Gasteiger partial charge in [0.25, 0.3) is 0 Å². The SMILES string of the molecule is CC(O)C1CCN(Cc2cn(-c3ccc(Cl)cc3)nn2)C1. The smallest absolute Gasteiger partial charge is 0.0971 e. The van der Waals surface area contributed by atoms with Gasteiger partial charge in [-0.2, -0.15) is 0 Å². The lowest BCUT2D eigenvalue weighted by atomic mass is 10.0. The van der Waals surface area contributed by atoms with E-state index >= 15 is 0 Å². The van der Waals surface area contributed by atoms with Crippen LogP contribution in [0.15, 0.2) is 30.5 Å². The summed E-state index contributed by atoms with van der Waals surface area (Å²) in [6.07, 6.45) is 2.75. The highest BCUT2D eigenvalue weighted by molar-refractivity contribution is 6.30. The second-order valence-corrected chi connectivity index (χ2v) is 6.09. The first-order valence-electron chi connectivity index (χ1n) is 7.19. The fraction of sp³-hybridized carbons (Fsp3) is 0.467. The second-order valence-electron chi connectivity index (χ2n) is 5.66. The van der Waals surface area contributed by atoms with Crippen molar-refractivity contribution in [2.24, 2.45) is 5.92 Å². The zero-order valence-electron chi connectivity index (χ0n) is 12.0. The highest BCUT2D eigenvalue weighted by Crippen LogP contribution is 2.21. The van der Waals surface area contributed by atoms with E-state index in [1.165, 1.54) is 0 Å². The number of hydrogen-bond acceptors (Lipinski definition) is 4. The molecule has 0 spiro atoms. The van der Waals surface area contributed by atoms with E-state index in [0.29, 0.717) is 10.9 Å². The molecule has 2 unspecified atom stereocenters. The number of rotatable bonds is 4. The average Bonchev–Trinajstić information content (AvgIpc) is 3.10. The molecule has 2 aromatic rings. The molecule has 0 aliphatic carbocycles. The van der Waals surface area contributed by atoms with Gasteiger partial charge in [-0.25, -0.2) is 4.68 Å². The lowest BCUT2D eigenvalue weighted by Crippen LogP contribution is -2.24. The summed E-state index contributed by atoms with van der Waals surface area (Å²) in [6, 6.07) is 7.51. The number of aliphatic hydroxyl groups is 1. The molecule has 1 aliphatic rings. The van der Waals surface area contributed by atoms with E-state index in [9.17, 15) is 5.11 Å². The van der Waals surface area contributed by atoms with E-state index in [1.807, 2.05) is 37.4 Å². The Balaban J connectivity index is 1.64. The van der Waals surface area contributed by atoms with Crippen LogP contribution in [0.4, 0.5) is 0 Å². The molecule has 6 heteroatoms.